The molecule has 0 atom stereocenters. The maximum Gasteiger partial charge on any atom is 0.213 e. The third-order valence-corrected chi connectivity index (χ3v) is 4.69. The van der Waals surface area contributed by atoms with Gasteiger partial charge < -0.3 is 9.47 Å². The fourth-order valence-electron chi connectivity index (χ4n) is 3.14. The average molecular weight is 375 g/mol. The average Bonchev–Trinajstić information content (AvgIpc) is 2.74. The van der Waals surface area contributed by atoms with E-state index in [0.29, 0.717) is 24.5 Å². The molecule has 0 bridgehead atoms. The largest absolute Gasteiger partial charge is 0.476 e. The predicted molar refractivity (Wildman–Crippen MR) is 110 cm³/mol. The summed E-state index contributed by atoms with van der Waals surface area (Å²) in [6.45, 7) is 8.56. The van der Waals surface area contributed by atoms with Crippen LogP contribution in [0.2, 0.25) is 0 Å². The lowest BCUT2D eigenvalue weighted by Crippen LogP contribution is -2.38. The highest BCUT2D eigenvalue weighted by Gasteiger charge is 2.12. The molecule has 28 heavy (non-hydrogen) atoms. The van der Waals surface area contributed by atoms with Crippen molar-refractivity contribution < 1.29 is 9.47 Å². The lowest BCUT2D eigenvalue weighted by atomic mass is 9.97. The Morgan fingerprint density at radius 1 is 1.25 bits per heavy atom. The molecule has 0 radical (unpaired) electrons. The van der Waals surface area contributed by atoms with Crippen LogP contribution in [-0.4, -0.2) is 49.3 Å². The molecule has 144 valence electrons. The van der Waals surface area contributed by atoms with Crippen molar-refractivity contribution in [3.05, 3.63) is 77.5 Å². The summed E-state index contributed by atoms with van der Waals surface area (Å²) in [6, 6.07) is 12.3. The summed E-state index contributed by atoms with van der Waals surface area (Å²) in [6.07, 6.45) is 7.93. The summed E-state index contributed by atoms with van der Waals surface area (Å²) >= 11 is 0. The maximum atomic E-state index is 9.47. The molecule has 5 heteroatoms. The molecule has 1 aliphatic heterocycles. The first-order chi connectivity index (χ1) is 13.8. The summed E-state index contributed by atoms with van der Waals surface area (Å²) in [5.74, 6) is 0.557. The molecular weight excluding hydrogens is 350 g/mol. The molecule has 0 saturated carbocycles. The summed E-state index contributed by atoms with van der Waals surface area (Å²) in [5.41, 5.74) is 3.74. The van der Waals surface area contributed by atoms with Crippen molar-refractivity contribution in [1.29, 1.82) is 5.26 Å². The minimum atomic E-state index is 0.557. The van der Waals surface area contributed by atoms with Gasteiger partial charge in [0.05, 0.1) is 18.8 Å². The monoisotopic (exact) mass is 375 g/mol. The summed E-state index contributed by atoms with van der Waals surface area (Å²) < 4.78 is 11.2. The van der Waals surface area contributed by atoms with Crippen LogP contribution in [-0.2, 0) is 11.2 Å². The minimum Gasteiger partial charge on any atom is -0.476 e. The molecule has 0 spiro atoms. The Hall–Kier alpha value is -2.94. The Balaban J connectivity index is 1.70. The van der Waals surface area contributed by atoms with Gasteiger partial charge in [0.2, 0.25) is 5.88 Å². The van der Waals surface area contributed by atoms with Gasteiger partial charge in [-0.3, -0.25) is 4.90 Å². The smallest absolute Gasteiger partial charge is 0.213 e. The number of nitriles is 1. The van der Waals surface area contributed by atoms with E-state index in [2.05, 4.69) is 34.7 Å². The number of aromatic nitrogens is 1. The molecule has 1 aromatic carbocycles. The predicted octanol–water partition coefficient (Wildman–Crippen LogP) is 3.45. The van der Waals surface area contributed by atoms with Gasteiger partial charge in [-0.05, 0) is 23.1 Å². The molecule has 0 amide bonds. The maximum absolute atomic E-state index is 9.47. The molecule has 2 aromatic rings. The first kappa shape index (κ1) is 19.8. The first-order valence-electron chi connectivity index (χ1n) is 9.49. The normalized spacial score (nSPS) is 14.7. The third kappa shape index (κ3) is 5.53. The van der Waals surface area contributed by atoms with Crippen LogP contribution >= 0.6 is 0 Å². The second-order valence-corrected chi connectivity index (χ2v) is 6.56. The first-order valence-corrected chi connectivity index (χ1v) is 9.49. The number of hydrogen-bond acceptors (Lipinski definition) is 5. The number of nitrogens with zero attached hydrogens (tertiary/aromatic N) is 3. The Bertz CT molecular complexity index is 864. The van der Waals surface area contributed by atoms with Crippen LogP contribution in [0.1, 0.15) is 22.3 Å². The molecule has 0 unspecified atom stereocenters. The molecule has 5 nitrogen and oxygen atoms in total. The fraction of sp³-hybridized carbons (Fsp3) is 0.304. The second-order valence-electron chi connectivity index (χ2n) is 6.56. The number of rotatable bonds is 8. The van der Waals surface area contributed by atoms with E-state index in [-0.39, 0.29) is 0 Å². The topological polar surface area (TPSA) is 58.4 Å². The Labute approximate surface area is 166 Å². The molecule has 1 aromatic heterocycles. The van der Waals surface area contributed by atoms with Crippen molar-refractivity contribution >= 4 is 6.08 Å². The number of benzene rings is 1. The lowest BCUT2D eigenvalue weighted by Gasteiger charge is -2.26. The van der Waals surface area contributed by atoms with E-state index in [4.69, 9.17) is 9.47 Å². The van der Waals surface area contributed by atoms with Crippen molar-refractivity contribution in [2.24, 2.45) is 0 Å². The van der Waals surface area contributed by atoms with Crippen LogP contribution in [0.25, 0.3) is 6.08 Å². The molecular formula is C23H25N3O2. The van der Waals surface area contributed by atoms with Crippen molar-refractivity contribution in [2.75, 3.05) is 39.5 Å². The van der Waals surface area contributed by atoms with E-state index in [1.165, 1.54) is 0 Å². The number of pyridine rings is 1. The van der Waals surface area contributed by atoms with Gasteiger partial charge in [-0.25, -0.2) is 4.98 Å². The fourth-order valence-corrected chi connectivity index (χ4v) is 3.14. The van der Waals surface area contributed by atoms with Gasteiger partial charge in [0.15, 0.2) is 0 Å². The van der Waals surface area contributed by atoms with Crippen molar-refractivity contribution in [3.63, 3.8) is 0 Å². The molecule has 1 saturated heterocycles. The van der Waals surface area contributed by atoms with Crippen molar-refractivity contribution in [3.8, 4) is 11.9 Å². The van der Waals surface area contributed by atoms with E-state index < -0.39 is 0 Å². The van der Waals surface area contributed by atoms with E-state index in [1.54, 1.807) is 12.3 Å². The van der Waals surface area contributed by atoms with Gasteiger partial charge in [0, 0.05) is 31.9 Å². The van der Waals surface area contributed by atoms with Crippen LogP contribution in [0, 0.1) is 11.3 Å². The van der Waals surface area contributed by atoms with Gasteiger partial charge in [-0.1, -0.05) is 49.1 Å². The highest BCUT2D eigenvalue weighted by atomic mass is 16.5. The Kier molecular flexibility index (Phi) is 7.36. The van der Waals surface area contributed by atoms with Crippen LogP contribution < -0.4 is 4.74 Å². The lowest BCUT2D eigenvalue weighted by molar-refractivity contribution is 0.0320. The SMILES string of the molecule is C=C/C=C\c1ccccc1Cc1cc(OCCN2CCOCC2)ncc1C#N. The van der Waals surface area contributed by atoms with Gasteiger partial charge in [0.25, 0.3) is 0 Å². The standard InChI is InChI=1S/C23H25N3O2/c1-2-3-6-19-7-4-5-8-20(19)15-21-16-23(25-18-22(21)17-24)28-14-11-26-9-12-27-13-10-26/h2-8,16,18H,1,9-15H2/b6-3-. The van der Waals surface area contributed by atoms with Gasteiger partial charge in [0.1, 0.15) is 12.7 Å². The van der Waals surface area contributed by atoms with E-state index in [9.17, 15) is 5.26 Å². The van der Waals surface area contributed by atoms with Crippen LogP contribution in [0.5, 0.6) is 5.88 Å². The number of morpholine rings is 1. The summed E-state index contributed by atoms with van der Waals surface area (Å²) in [4.78, 5) is 6.61. The summed E-state index contributed by atoms with van der Waals surface area (Å²) in [5, 5.41) is 9.47. The second kappa shape index (κ2) is 10.4. The van der Waals surface area contributed by atoms with E-state index >= 15 is 0 Å². The van der Waals surface area contributed by atoms with Crippen molar-refractivity contribution in [2.45, 2.75) is 6.42 Å². The molecule has 0 N–H and O–H groups in total. The van der Waals surface area contributed by atoms with Crippen LogP contribution in [0.4, 0.5) is 0 Å². The number of allylic oxidation sites excluding steroid dienone is 2. The minimum absolute atomic E-state index is 0.557. The molecule has 2 heterocycles. The van der Waals surface area contributed by atoms with Crippen LogP contribution in [0.3, 0.4) is 0 Å². The van der Waals surface area contributed by atoms with E-state index in [1.807, 2.05) is 30.4 Å². The molecule has 1 aliphatic rings. The Morgan fingerprint density at radius 2 is 2.07 bits per heavy atom. The third-order valence-electron chi connectivity index (χ3n) is 4.69. The van der Waals surface area contributed by atoms with Gasteiger partial charge in [-0.15, -0.1) is 0 Å². The van der Waals surface area contributed by atoms with Crippen molar-refractivity contribution in [1.82, 2.24) is 9.88 Å². The van der Waals surface area contributed by atoms with Gasteiger partial charge >= 0.3 is 0 Å². The number of hydrogen-bond donors (Lipinski definition) is 0. The highest BCUT2D eigenvalue weighted by Crippen LogP contribution is 2.21. The van der Waals surface area contributed by atoms with Gasteiger partial charge in [-0.2, -0.15) is 5.26 Å². The summed E-state index contributed by atoms with van der Waals surface area (Å²) in [7, 11) is 0. The zero-order valence-electron chi connectivity index (χ0n) is 16.0. The number of ether oxygens (including phenoxy) is 2. The molecule has 1 fully saturated rings. The quantitative estimate of drug-likeness (QED) is 0.662. The van der Waals surface area contributed by atoms with E-state index in [0.717, 1.165) is 49.5 Å². The highest BCUT2D eigenvalue weighted by molar-refractivity contribution is 5.56. The zero-order chi connectivity index (χ0) is 19.6. The molecule has 3 rings (SSSR count). The Morgan fingerprint density at radius 3 is 2.86 bits per heavy atom. The zero-order valence-corrected chi connectivity index (χ0v) is 16.0. The molecule has 0 aliphatic carbocycles. The van der Waals surface area contributed by atoms with Crippen LogP contribution in [0.15, 0.2) is 55.3 Å².